The Hall–Kier alpha value is -3.75. The number of aromatic carboxylic acids is 1. The number of rotatable bonds is 4. The first-order valence-corrected chi connectivity index (χ1v) is 8.85. The van der Waals surface area contributed by atoms with Crippen LogP contribution in [0, 0.1) is 11.3 Å². The normalized spacial score (nSPS) is 10.6. The summed E-state index contributed by atoms with van der Waals surface area (Å²) in [4.78, 5) is 11.5. The first-order valence-electron chi connectivity index (χ1n) is 8.47. The zero-order chi connectivity index (χ0) is 19.7. The highest BCUT2D eigenvalue weighted by Crippen LogP contribution is 2.29. The fourth-order valence-electron chi connectivity index (χ4n) is 3.17. The summed E-state index contributed by atoms with van der Waals surface area (Å²) in [6.45, 7) is 0. The van der Waals surface area contributed by atoms with Gasteiger partial charge in [-0.3, -0.25) is 0 Å². The Labute approximate surface area is 166 Å². The van der Waals surface area contributed by atoms with Gasteiger partial charge in [0.15, 0.2) is 0 Å². The van der Waals surface area contributed by atoms with E-state index in [1.807, 2.05) is 53.2 Å². The van der Waals surface area contributed by atoms with Crippen molar-refractivity contribution in [2.45, 2.75) is 0 Å². The average molecular weight is 388 g/mol. The predicted molar refractivity (Wildman–Crippen MR) is 110 cm³/mol. The van der Waals surface area contributed by atoms with Gasteiger partial charge in [-0.2, -0.15) is 5.26 Å². The second-order valence-corrected chi connectivity index (χ2v) is 6.64. The molecule has 0 radical (unpaired) electrons. The van der Waals surface area contributed by atoms with E-state index in [0.717, 1.165) is 22.3 Å². The number of carboxylic acid groups (broad SMARTS) is 1. The Balaban J connectivity index is 1.73. The summed E-state index contributed by atoms with van der Waals surface area (Å²) in [5, 5.41) is 23.2. The molecule has 2 N–H and O–H groups in total. The highest BCUT2D eigenvalue weighted by molar-refractivity contribution is 6.31. The number of halogens is 1. The molecule has 4 aromatic rings. The maximum absolute atomic E-state index is 11.5. The quantitative estimate of drug-likeness (QED) is 0.478. The lowest BCUT2D eigenvalue weighted by atomic mass is 10.1. The van der Waals surface area contributed by atoms with Crippen molar-refractivity contribution in [3.05, 3.63) is 89.1 Å². The third-order valence-electron chi connectivity index (χ3n) is 4.47. The fraction of sp³-hybridized carbons (Fsp3) is 0. The number of hydrogen-bond donors (Lipinski definition) is 2. The molecular formula is C22H14ClN3O2. The molecule has 5 nitrogen and oxygen atoms in total. The number of benzene rings is 3. The van der Waals surface area contributed by atoms with E-state index in [9.17, 15) is 15.2 Å². The van der Waals surface area contributed by atoms with Crippen molar-refractivity contribution < 1.29 is 9.90 Å². The summed E-state index contributed by atoms with van der Waals surface area (Å²) >= 11 is 5.91. The Morgan fingerprint density at radius 1 is 1.07 bits per heavy atom. The molecular weight excluding hydrogens is 374 g/mol. The Kier molecular flexibility index (Phi) is 4.48. The first kappa shape index (κ1) is 17.7. The van der Waals surface area contributed by atoms with Crippen molar-refractivity contribution in [3.63, 3.8) is 0 Å². The van der Waals surface area contributed by atoms with Crippen LogP contribution in [0.4, 0.5) is 11.4 Å². The van der Waals surface area contributed by atoms with Crippen LogP contribution in [0.25, 0.3) is 16.6 Å². The third kappa shape index (κ3) is 3.18. The van der Waals surface area contributed by atoms with Gasteiger partial charge >= 0.3 is 5.97 Å². The van der Waals surface area contributed by atoms with Gasteiger partial charge in [0.05, 0.1) is 28.0 Å². The molecule has 0 aliphatic carbocycles. The second-order valence-electron chi connectivity index (χ2n) is 6.21. The Morgan fingerprint density at radius 3 is 2.68 bits per heavy atom. The molecule has 1 aromatic heterocycles. The summed E-state index contributed by atoms with van der Waals surface area (Å²) in [5.74, 6) is -1.05. The maximum atomic E-state index is 11.5. The number of fused-ring (bicyclic) bond motifs is 1. The molecule has 4 rings (SSSR count). The molecule has 0 atom stereocenters. The van der Waals surface area contributed by atoms with Gasteiger partial charge in [0.1, 0.15) is 6.07 Å². The van der Waals surface area contributed by atoms with Crippen LogP contribution in [0.5, 0.6) is 0 Å². The van der Waals surface area contributed by atoms with E-state index in [-0.39, 0.29) is 5.56 Å². The minimum atomic E-state index is -1.05. The minimum absolute atomic E-state index is 0.105. The topological polar surface area (TPSA) is 78.0 Å². The van der Waals surface area contributed by atoms with Crippen LogP contribution in [0.2, 0.25) is 5.02 Å². The molecule has 1 heterocycles. The van der Waals surface area contributed by atoms with Gasteiger partial charge in [-0.25, -0.2) is 4.79 Å². The number of para-hydroxylation sites is 1. The van der Waals surface area contributed by atoms with E-state index < -0.39 is 5.97 Å². The number of nitrogens with one attached hydrogen (secondary N) is 1. The van der Waals surface area contributed by atoms with Gasteiger partial charge in [0.25, 0.3) is 0 Å². The van der Waals surface area contributed by atoms with Gasteiger partial charge in [-0.05, 0) is 54.6 Å². The molecule has 0 spiro atoms. The summed E-state index contributed by atoms with van der Waals surface area (Å²) < 4.78 is 1.96. The molecule has 0 saturated heterocycles. The summed E-state index contributed by atoms with van der Waals surface area (Å²) in [5.41, 5.74) is 3.67. The highest BCUT2D eigenvalue weighted by Gasteiger charge is 2.12. The van der Waals surface area contributed by atoms with Crippen molar-refractivity contribution in [2.24, 2.45) is 0 Å². The summed E-state index contributed by atoms with van der Waals surface area (Å²) in [6.07, 6.45) is 1.91. The van der Waals surface area contributed by atoms with Crippen LogP contribution in [0.3, 0.4) is 0 Å². The number of carbonyl (C=O) groups is 1. The molecule has 0 aliphatic rings. The van der Waals surface area contributed by atoms with Crippen LogP contribution < -0.4 is 5.32 Å². The van der Waals surface area contributed by atoms with E-state index in [4.69, 9.17) is 11.6 Å². The molecule has 0 amide bonds. The maximum Gasteiger partial charge on any atom is 0.337 e. The number of aromatic nitrogens is 1. The Bertz CT molecular complexity index is 1250. The molecule has 0 bridgehead atoms. The largest absolute Gasteiger partial charge is 0.478 e. The smallest absolute Gasteiger partial charge is 0.337 e. The van der Waals surface area contributed by atoms with Gasteiger partial charge in [-0.1, -0.05) is 23.7 Å². The lowest BCUT2D eigenvalue weighted by molar-refractivity contribution is 0.0698. The van der Waals surface area contributed by atoms with Crippen molar-refractivity contribution in [3.8, 4) is 11.8 Å². The lowest BCUT2D eigenvalue weighted by Crippen LogP contribution is -2.02. The van der Waals surface area contributed by atoms with Crippen LogP contribution in [-0.4, -0.2) is 15.6 Å². The van der Waals surface area contributed by atoms with Crippen molar-refractivity contribution in [1.29, 1.82) is 5.26 Å². The number of nitrogens with zero attached hydrogens (tertiary/aromatic N) is 2. The second kappa shape index (κ2) is 7.10. The molecule has 3 aromatic carbocycles. The molecule has 0 fully saturated rings. The molecule has 0 unspecified atom stereocenters. The van der Waals surface area contributed by atoms with Crippen LogP contribution in [0.15, 0.2) is 72.9 Å². The monoisotopic (exact) mass is 387 g/mol. The first-order chi connectivity index (χ1) is 13.6. The van der Waals surface area contributed by atoms with E-state index >= 15 is 0 Å². The van der Waals surface area contributed by atoms with Crippen LogP contribution in [0.1, 0.15) is 15.9 Å². The molecule has 0 aliphatic heterocycles. The fourth-order valence-corrected chi connectivity index (χ4v) is 3.34. The van der Waals surface area contributed by atoms with Gasteiger partial charge in [0.2, 0.25) is 0 Å². The van der Waals surface area contributed by atoms with Crippen molar-refractivity contribution >= 4 is 39.8 Å². The average Bonchev–Trinajstić information content (AvgIpc) is 3.12. The van der Waals surface area contributed by atoms with E-state index in [1.165, 1.54) is 6.07 Å². The lowest BCUT2D eigenvalue weighted by Gasteiger charge is -2.11. The van der Waals surface area contributed by atoms with Crippen LogP contribution >= 0.6 is 11.6 Å². The standard InChI is InChI=1S/C22H14ClN3O2/c23-16-5-7-19(18(12-16)22(27)28)25-17-6-8-21-14(11-17)9-10-26(21)20-4-2-1-3-15(20)13-24/h1-12,25H,(H,27,28). The van der Waals surface area contributed by atoms with Crippen molar-refractivity contribution in [1.82, 2.24) is 4.57 Å². The van der Waals surface area contributed by atoms with E-state index in [2.05, 4.69) is 11.4 Å². The SMILES string of the molecule is N#Cc1ccccc1-n1ccc2cc(Nc3ccc(Cl)cc3C(=O)O)ccc21. The van der Waals surface area contributed by atoms with E-state index in [1.54, 1.807) is 18.2 Å². The zero-order valence-corrected chi connectivity index (χ0v) is 15.3. The van der Waals surface area contributed by atoms with Gasteiger partial charge < -0.3 is 15.0 Å². The van der Waals surface area contributed by atoms with Crippen LogP contribution in [-0.2, 0) is 0 Å². The molecule has 136 valence electrons. The van der Waals surface area contributed by atoms with E-state index in [0.29, 0.717) is 16.3 Å². The molecule has 6 heteroatoms. The molecule has 28 heavy (non-hydrogen) atoms. The number of anilines is 2. The van der Waals surface area contributed by atoms with Gasteiger partial charge in [0, 0.05) is 22.3 Å². The zero-order valence-electron chi connectivity index (χ0n) is 14.6. The van der Waals surface area contributed by atoms with Crippen molar-refractivity contribution in [2.75, 3.05) is 5.32 Å². The Morgan fingerprint density at radius 2 is 1.89 bits per heavy atom. The minimum Gasteiger partial charge on any atom is -0.478 e. The summed E-state index contributed by atoms with van der Waals surface area (Å²) in [7, 11) is 0. The molecule has 0 saturated carbocycles. The van der Waals surface area contributed by atoms with Gasteiger partial charge in [-0.15, -0.1) is 0 Å². The number of carboxylic acids is 1. The third-order valence-corrected chi connectivity index (χ3v) is 4.70. The predicted octanol–water partition coefficient (Wildman–Crippen LogP) is 5.60. The highest BCUT2D eigenvalue weighted by atomic mass is 35.5. The number of nitriles is 1. The number of hydrogen-bond acceptors (Lipinski definition) is 3. The summed E-state index contributed by atoms with van der Waals surface area (Å²) in [6, 6.07) is 22.0.